The number of hydrogen-bond donors (Lipinski definition) is 2. The van der Waals surface area contributed by atoms with Crippen molar-refractivity contribution >= 4 is 5.91 Å². The number of amides is 1. The van der Waals surface area contributed by atoms with E-state index < -0.39 is 0 Å². The molecule has 0 aliphatic carbocycles. The third kappa shape index (κ3) is 5.52. The van der Waals surface area contributed by atoms with Crippen molar-refractivity contribution in [1.82, 2.24) is 19.8 Å². The lowest BCUT2D eigenvalue weighted by atomic mass is 9.91. The van der Waals surface area contributed by atoms with Gasteiger partial charge in [0.25, 0.3) is 5.91 Å². The molecular formula is C37H36N4O3. The van der Waals surface area contributed by atoms with E-state index in [2.05, 4.69) is 69.5 Å². The summed E-state index contributed by atoms with van der Waals surface area (Å²) >= 11 is 0. The second kappa shape index (κ2) is 12.5. The number of rotatable bonds is 8. The largest absolute Gasteiger partial charge is 0.492 e. The highest BCUT2D eigenvalue weighted by Crippen LogP contribution is 2.38. The Labute approximate surface area is 257 Å². The van der Waals surface area contributed by atoms with Crippen LogP contribution in [0.5, 0.6) is 5.75 Å². The third-order valence-electron chi connectivity index (χ3n) is 8.89. The molecule has 0 saturated heterocycles. The van der Waals surface area contributed by atoms with Crippen molar-refractivity contribution in [3.63, 3.8) is 0 Å². The van der Waals surface area contributed by atoms with Gasteiger partial charge < -0.3 is 24.6 Å². The Bertz CT molecular complexity index is 1750. The summed E-state index contributed by atoms with van der Waals surface area (Å²) in [6, 6.07) is 32.7. The van der Waals surface area contributed by atoms with Crippen molar-refractivity contribution in [3.05, 3.63) is 143 Å². The normalized spacial score (nSPS) is 17.4. The number of fused-ring (bicyclic) bond motifs is 2. The van der Waals surface area contributed by atoms with E-state index in [-0.39, 0.29) is 24.6 Å². The summed E-state index contributed by atoms with van der Waals surface area (Å²) in [5, 5.41) is 14.0. The maximum absolute atomic E-state index is 13.9. The van der Waals surface area contributed by atoms with Crippen LogP contribution in [0.3, 0.4) is 0 Å². The molecule has 1 amide bonds. The summed E-state index contributed by atoms with van der Waals surface area (Å²) < 4.78 is 8.32. The van der Waals surface area contributed by atoms with Gasteiger partial charge in [0, 0.05) is 43.9 Å². The fraction of sp³-hybridized carbons (Fsp3) is 0.243. The Balaban J connectivity index is 1.05. The predicted octanol–water partition coefficient (Wildman–Crippen LogP) is 5.94. The maximum Gasteiger partial charge on any atom is 0.258 e. The van der Waals surface area contributed by atoms with Gasteiger partial charge in [-0.2, -0.15) is 0 Å². The molecule has 2 atom stereocenters. The number of nitrogens with one attached hydrogen (secondary N) is 1. The first-order valence-corrected chi connectivity index (χ1v) is 15.3. The van der Waals surface area contributed by atoms with Crippen molar-refractivity contribution in [2.24, 2.45) is 0 Å². The molecule has 222 valence electrons. The Morgan fingerprint density at radius 2 is 1.68 bits per heavy atom. The number of hydrogen-bond acceptors (Lipinski definition) is 5. The fourth-order valence-electron chi connectivity index (χ4n) is 6.55. The first-order valence-electron chi connectivity index (χ1n) is 15.3. The van der Waals surface area contributed by atoms with Crippen LogP contribution in [0.15, 0.2) is 110 Å². The van der Waals surface area contributed by atoms with Crippen LogP contribution in [-0.4, -0.2) is 45.2 Å². The van der Waals surface area contributed by atoms with Crippen molar-refractivity contribution in [2.45, 2.75) is 38.0 Å². The molecule has 2 N–H and O–H groups in total. The van der Waals surface area contributed by atoms with Crippen molar-refractivity contribution in [3.8, 4) is 16.9 Å². The monoisotopic (exact) mass is 584 g/mol. The Hall–Kier alpha value is -4.72. The van der Waals surface area contributed by atoms with E-state index >= 15 is 0 Å². The lowest BCUT2D eigenvalue weighted by Gasteiger charge is -2.37. The lowest BCUT2D eigenvalue weighted by Crippen LogP contribution is -2.42. The van der Waals surface area contributed by atoms with E-state index in [1.54, 1.807) is 4.90 Å². The van der Waals surface area contributed by atoms with Gasteiger partial charge in [0.15, 0.2) is 0 Å². The Morgan fingerprint density at radius 3 is 2.52 bits per heavy atom. The van der Waals surface area contributed by atoms with Crippen LogP contribution < -0.4 is 10.1 Å². The molecule has 3 heterocycles. The van der Waals surface area contributed by atoms with Crippen LogP contribution in [0.1, 0.15) is 56.8 Å². The van der Waals surface area contributed by atoms with E-state index in [1.165, 1.54) is 22.3 Å². The molecule has 0 radical (unpaired) electrons. The number of aliphatic hydroxyl groups is 1. The zero-order chi connectivity index (χ0) is 29.9. The minimum absolute atomic E-state index is 0.0377. The second-order valence-electron chi connectivity index (χ2n) is 11.5. The number of nitrogens with zero attached hydrogens (tertiary/aromatic N) is 3. The van der Waals surface area contributed by atoms with Gasteiger partial charge >= 0.3 is 0 Å². The molecule has 44 heavy (non-hydrogen) atoms. The average Bonchev–Trinajstić information content (AvgIpc) is 3.53. The number of aliphatic hydroxyl groups excluding tert-OH is 1. The van der Waals surface area contributed by atoms with Gasteiger partial charge in [0.1, 0.15) is 5.75 Å². The smallest absolute Gasteiger partial charge is 0.258 e. The molecular weight excluding hydrogens is 548 g/mol. The van der Waals surface area contributed by atoms with Gasteiger partial charge in [-0.15, -0.1) is 0 Å². The van der Waals surface area contributed by atoms with Gasteiger partial charge in [0.05, 0.1) is 36.8 Å². The highest BCUT2D eigenvalue weighted by molar-refractivity contribution is 5.98. The highest BCUT2D eigenvalue weighted by Gasteiger charge is 2.34. The summed E-state index contributed by atoms with van der Waals surface area (Å²) in [5.41, 5.74) is 8.47. The minimum Gasteiger partial charge on any atom is -0.492 e. The molecule has 5 aromatic rings. The summed E-state index contributed by atoms with van der Waals surface area (Å²) in [5.74, 6) is 0.538. The summed E-state index contributed by atoms with van der Waals surface area (Å²) in [6.45, 7) is 2.34. The zero-order valence-corrected chi connectivity index (χ0v) is 24.6. The molecule has 2 aliphatic heterocycles. The van der Waals surface area contributed by atoms with Crippen LogP contribution in [0, 0.1) is 0 Å². The molecule has 0 fully saturated rings. The van der Waals surface area contributed by atoms with Gasteiger partial charge in [-0.1, -0.05) is 91.0 Å². The number of benzene rings is 4. The predicted molar refractivity (Wildman–Crippen MR) is 170 cm³/mol. The van der Waals surface area contributed by atoms with Crippen LogP contribution in [0.25, 0.3) is 11.1 Å². The van der Waals surface area contributed by atoms with Gasteiger partial charge in [-0.05, 0) is 40.3 Å². The number of aromatic nitrogens is 2. The minimum atomic E-state index is -0.365. The standard InChI is InChI=1S/C37H36N4O3/c42-24-35-31-10-5-4-9-29(31)17-19-41(35)37(43)33-12-6-11-32-34(18-20-44-36(32)33)39-22-30-21-38-25-40(30)23-26-13-15-28(16-14-26)27-7-2-1-3-8-27/h1-16,21,25,34-35,39,42H,17-20,22-24H2. The quantitative estimate of drug-likeness (QED) is 0.236. The van der Waals surface area contributed by atoms with Crippen molar-refractivity contribution in [2.75, 3.05) is 19.8 Å². The Morgan fingerprint density at radius 1 is 0.909 bits per heavy atom. The van der Waals surface area contributed by atoms with Crippen LogP contribution in [0.2, 0.25) is 0 Å². The highest BCUT2D eigenvalue weighted by atomic mass is 16.5. The van der Waals surface area contributed by atoms with Crippen LogP contribution in [0.4, 0.5) is 0 Å². The fourth-order valence-corrected chi connectivity index (χ4v) is 6.55. The first kappa shape index (κ1) is 28.1. The lowest BCUT2D eigenvalue weighted by molar-refractivity contribution is 0.0563. The topological polar surface area (TPSA) is 79.6 Å². The molecule has 7 nitrogen and oxygen atoms in total. The molecule has 0 saturated carbocycles. The van der Waals surface area contributed by atoms with E-state index in [0.29, 0.717) is 31.0 Å². The molecule has 2 unspecified atom stereocenters. The number of imidazole rings is 1. The second-order valence-corrected chi connectivity index (χ2v) is 11.5. The van der Waals surface area contributed by atoms with E-state index in [9.17, 15) is 9.90 Å². The molecule has 4 aromatic carbocycles. The van der Waals surface area contributed by atoms with Gasteiger partial charge in [0.2, 0.25) is 0 Å². The molecule has 1 aromatic heterocycles. The van der Waals surface area contributed by atoms with E-state index in [4.69, 9.17) is 4.74 Å². The van der Waals surface area contributed by atoms with Crippen molar-refractivity contribution < 1.29 is 14.6 Å². The van der Waals surface area contributed by atoms with E-state index in [1.807, 2.05) is 55.0 Å². The summed E-state index contributed by atoms with van der Waals surface area (Å²) in [7, 11) is 0. The molecule has 7 rings (SSSR count). The maximum atomic E-state index is 13.9. The molecule has 7 heteroatoms. The first-order chi connectivity index (χ1) is 21.7. The SMILES string of the molecule is O=C(c1cccc2c1OCCC2NCc1cncn1Cc1ccc(-c2ccccc2)cc1)N1CCc2ccccc2C1CO. The van der Waals surface area contributed by atoms with Gasteiger partial charge in [-0.3, -0.25) is 4.79 Å². The molecule has 2 aliphatic rings. The number of carbonyl (C=O) groups is 1. The number of para-hydroxylation sites is 1. The number of carbonyl (C=O) groups excluding carboxylic acids is 1. The summed E-state index contributed by atoms with van der Waals surface area (Å²) in [6.07, 6.45) is 5.36. The van der Waals surface area contributed by atoms with Crippen LogP contribution >= 0.6 is 0 Å². The zero-order valence-electron chi connectivity index (χ0n) is 24.6. The third-order valence-corrected chi connectivity index (χ3v) is 8.89. The average molecular weight is 585 g/mol. The number of ether oxygens (including phenoxy) is 1. The molecule has 0 bridgehead atoms. The van der Waals surface area contributed by atoms with Crippen molar-refractivity contribution in [1.29, 1.82) is 0 Å². The Kier molecular flexibility index (Phi) is 7.97. The van der Waals surface area contributed by atoms with Crippen LogP contribution in [-0.2, 0) is 19.5 Å². The summed E-state index contributed by atoms with van der Waals surface area (Å²) in [4.78, 5) is 20.2. The van der Waals surface area contributed by atoms with E-state index in [0.717, 1.165) is 36.2 Å². The van der Waals surface area contributed by atoms with Gasteiger partial charge in [-0.25, -0.2) is 4.98 Å². The molecule has 0 spiro atoms.